The lowest BCUT2D eigenvalue weighted by Crippen LogP contribution is -2.36. The topological polar surface area (TPSA) is 15.3 Å². The third-order valence-corrected chi connectivity index (χ3v) is 3.68. The van der Waals surface area contributed by atoms with Gasteiger partial charge in [-0.05, 0) is 50.0 Å². The van der Waals surface area contributed by atoms with Crippen molar-refractivity contribution in [2.45, 2.75) is 39.3 Å². The van der Waals surface area contributed by atoms with E-state index >= 15 is 0 Å². The van der Waals surface area contributed by atoms with Gasteiger partial charge in [-0.2, -0.15) is 0 Å². The van der Waals surface area contributed by atoms with Crippen LogP contribution in [-0.2, 0) is 6.54 Å². The van der Waals surface area contributed by atoms with Crippen LogP contribution in [0.5, 0.6) is 0 Å². The molecule has 0 radical (unpaired) electrons. The van der Waals surface area contributed by atoms with E-state index in [1.165, 1.54) is 6.42 Å². The Morgan fingerprint density at radius 3 is 2.89 bits per heavy atom. The molecule has 1 atom stereocenters. The van der Waals surface area contributed by atoms with E-state index in [1.807, 2.05) is 19.1 Å². The Morgan fingerprint density at radius 2 is 2.28 bits per heavy atom. The first-order valence-corrected chi connectivity index (χ1v) is 6.90. The van der Waals surface area contributed by atoms with Crippen LogP contribution in [0.3, 0.4) is 0 Å². The predicted octanol–water partition coefficient (Wildman–Crippen LogP) is 2.71. The maximum absolute atomic E-state index is 13.6. The van der Waals surface area contributed by atoms with Crippen molar-refractivity contribution < 1.29 is 4.39 Å². The number of rotatable bonds is 5. The molecule has 0 bridgehead atoms. The van der Waals surface area contributed by atoms with E-state index in [9.17, 15) is 4.39 Å². The predicted molar refractivity (Wildman–Crippen MR) is 73.1 cm³/mol. The van der Waals surface area contributed by atoms with Crippen molar-refractivity contribution >= 4 is 0 Å². The molecule has 1 saturated heterocycles. The number of hydrogen-bond acceptors (Lipinski definition) is 2. The Morgan fingerprint density at radius 1 is 1.44 bits per heavy atom. The minimum atomic E-state index is -0.0894. The zero-order valence-electron chi connectivity index (χ0n) is 11.4. The van der Waals surface area contributed by atoms with Crippen LogP contribution in [0, 0.1) is 12.7 Å². The van der Waals surface area contributed by atoms with Gasteiger partial charge < -0.3 is 5.32 Å². The number of hydrogen-bond donors (Lipinski definition) is 1. The van der Waals surface area contributed by atoms with E-state index in [4.69, 9.17) is 0 Å². The van der Waals surface area contributed by atoms with Gasteiger partial charge >= 0.3 is 0 Å². The van der Waals surface area contributed by atoms with Gasteiger partial charge in [-0.15, -0.1) is 0 Å². The van der Waals surface area contributed by atoms with E-state index in [0.29, 0.717) is 6.04 Å². The van der Waals surface area contributed by atoms with Crippen LogP contribution in [0.4, 0.5) is 4.39 Å². The van der Waals surface area contributed by atoms with Gasteiger partial charge in [-0.1, -0.05) is 19.1 Å². The van der Waals surface area contributed by atoms with E-state index in [2.05, 4.69) is 17.1 Å². The first-order valence-electron chi connectivity index (χ1n) is 6.90. The van der Waals surface area contributed by atoms with Crippen molar-refractivity contribution in [2.75, 3.05) is 19.6 Å². The number of nitrogens with one attached hydrogen (secondary N) is 1. The average molecular weight is 250 g/mol. The van der Waals surface area contributed by atoms with Crippen molar-refractivity contribution in [1.82, 2.24) is 10.2 Å². The Labute approximate surface area is 109 Å². The van der Waals surface area contributed by atoms with E-state index in [-0.39, 0.29) is 5.82 Å². The fourth-order valence-corrected chi connectivity index (χ4v) is 2.60. The van der Waals surface area contributed by atoms with Crippen LogP contribution in [0.25, 0.3) is 0 Å². The van der Waals surface area contributed by atoms with Crippen molar-refractivity contribution in [3.8, 4) is 0 Å². The van der Waals surface area contributed by atoms with Gasteiger partial charge in [-0.25, -0.2) is 4.39 Å². The highest BCUT2D eigenvalue weighted by Crippen LogP contribution is 2.16. The highest BCUT2D eigenvalue weighted by molar-refractivity contribution is 5.23. The second-order valence-corrected chi connectivity index (χ2v) is 5.20. The van der Waals surface area contributed by atoms with Crippen molar-refractivity contribution in [1.29, 1.82) is 0 Å². The standard InChI is InChI=1S/C15H23FN2/c1-3-8-18(14-6-7-17-10-14)11-13-5-4-12(2)15(16)9-13/h4-5,9,14,17H,3,6-8,10-11H2,1-2H3. The lowest BCUT2D eigenvalue weighted by atomic mass is 10.1. The summed E-state index contributed by atoms with van der Waals surface area (Å²) < 4.78 is 13.6. The Kier molecular flexibility index (Phi) is 4.72. The summed E-state index contributed by atoms with van der Waals surface area (Å²) in [6.07, 6.45) is 2.35. The van der Waals surface area contributed by atoms with E-state index in [1.54, 1.807) is 6.07 Å². The number of nitrogens with zero attached hydrogens (tertiary/aromatic N) is 1. The second-order valence-electron chi connectivity index (χ2n) is 5.20. The van der Waals surface area contributed by atoms with Crippen LogP contribution in [-0.4, -0.2) is 30.6 Å². The molecule has 0 spiro atoms. The van der Waals surface area contributed by atoms with Gasteiger partial charge in [0.1, 0.15) is 5.82 Å². The molecule has 2 rings (SSSR count). The molecule has 2 nitrogen and oxygen atoms in total. The molecule has 1 unspecified atom stereocenters. The van der Waals surface area contributed by atoms with Gasteiger partial charge in [0.05, 0.1) is 0 Å². The van der Waals surface area contributed by atoms with Crippen LogP contribution in [0.1, 0.15) is 30.9 Å². The molecule has 1 aromatic rings. The van der Waals surface area contributed by atoms with E-state index < -0.39 is 0 Å². The lowest BCUT2D eigenvalue weighted by Gasteiger charge is -2.28. The molecule has 0 aromatic heterocycles. The van der Waals surface area contributed by atoms with Gasteiger partial charge in [0.25, 0.3) is 0 Å². The normalized spacial score (nSPS) is 19.7. The van der Waals surface area contributed by atoms with Crippen LogP contribution in [0.15, 0.2) is 18.2 Å². The summed E-state index contributed by atoms with van der Waals surface area (Å²) in [4.78, 5) is 2.48. The molecule has 0 aliphatic carbocycles. The minimum Gasteiger partial charge on any atom is -0.315 e. The summed E-state index contributed by atoms with van der Waals surface area (Å²) in [5, 5.41) is 3.40. The zero-order valence-corrected chi connectivity index (χ0v) is 11.4. The Bertz CT molecular complexity index is 386. The Hall–Kier alpha value is -0.930. The smallest absolute Gasteiger partial charge is 0.126 e. The summed E-state index contributed by atoms with van der Waals surface area (Å²) in [7, 11) is 0. The molecular formula is C15H23FN2. The maximum atomic E-state index is 13.6. The molecule has 3 heteroatoms. The molecule has 0 amide bonds. The minimum absolute atomic E-state index is 0.0894. The summed E-state index contributed by atoms with van der Waals surface area (Å²) >= 11 is 0. The monoisotopic (exact) mass is 250 g/mol. The highest BCUT2D eigenvalue weighted by Gasteiger charge is 2.21. The molecule has 1 aliphatic heterocycles. The number of aryl methyl sites for hydroxylation is 1. The summed E-state index contributed by atoms with van der Waals surface area (Å²) in [6.45, 7) is 8.12. The van der Waals surface area contributed by atoms with Crippen LogP contribution in [0.2, 0.25) is 0 Å². The molecule has 1 fully saturated rings. The molecule has 1 N–H and O–H groups in total. The maximum Gasteiger partial charge on any atom is 0.126 e. The molecule has 18 heavy (non-hydrogen) atoms. The summed E-state index contributed by atoms with van der Waals surface area (Å²) in [5.74, 6) is -0.0894. The lowest BCUT2D eigenvalue weighted by molar-refractivity contribution is 0.199. The fourth-order valence-electron chi connectivity index (χ4n) is 2.60. The van der Waals surface area contributed by atoms with Crippen molar-refractivity contribution in [2.24, 2.45) is 0 Å². The molecule has 1 aliphatic rings. The third-order valence-electron chi connectivity index (χ3n) is 3.68. The van der Waals surface area contributed by atoms with Crippen LogP contribution >= 0.6 is 0 Å². The number of benzene rings is 1. The third kappa shape index (κ3) is 3.30. The van der Waals surface area contributed by atoms with Gasteiger partial charge in [0, 0.05) is 19.1 Å². The van der Waals surface area contributed by atoms with Gasteiger partial charge in [-0.3, -0.25) is 4.90 Å². The SMILES string of the molecule is CCCN(Cc1ccc(C)c(F)c1)C1CCNC1. The summed E-state index contributed by atoms with van der Waals surface area (Å²) in [5.41, 5.74) is 1.81. The Balaban J connectivity index is 2.04. The van der Waals surface area contributed by atoms with Crippen molar-refractivity contribution in [3.63, 3.8) is 0 Å². The molecular weight excluding hydrogens is 227 g/mol. The molecule has 100 valence electrons. The number of halogens is 1. The average Bonchev–Trinajstić information content (AvgIpc) is 2.87. The van der Waals surface area contributed by atoms with Gasteiger partial charge in [0.15, 0.2) is 0 Å². The highest BCUT2D eigenvalue weighted by atomic mass is 19.1. The molecule has 1 heterocycles. The van der Waals surface area contributed by atoms with Crippen molar-refractivity contribution in [3.05, 3.63) is 35.1 Å². The first kappa shape index (κ1) is 13.5. The largest absolute Gasteiger partial charge is 0.315 e. The van der Waals surface area contributed by atoms with Gasteiger partial charge in [0.2, 0.25) is 0 Å². The zero-order chi connectivity index (χ0) is 13.0. The second kappa shape index (κ2) is 6.30. The molecule has 1 aromatic carbocycles. The quantitative estimate of drug-likeness (QED) is 0.864. The first-order chi connectivity index (χ1) is 8.70. The summed E-state index contributed by atoms with van der Waals surface area (Å²) in [6, 6.07) is 6.21. The fraction of sp³-hybridized carbons (Fsp3) is 0.600. The van der Waals surface area contributed by atoms with Crippen LogP contribution < -0.4 is 5.32 Å². The van der Waals surface area contributed by atoms with E-state index in [0.717, 1.165) is 43.7 Å². The molecule has 0 saturated carbocycles.